The Balaban J connectivity index is 2.53. The number of carboxylic acid groups (broad SMARTS) is 1. The van der Waals surface area contributed by atoms with E-state index in [1.807, 2.05) is 0 Å². The minimum absolute atomic E-state index is 0.0241. The second-order valence-electron chi connectivity index (χ2n) is 3.86. The molecule has 0 aliphatic carbocycles. The zero-order chi connectivity index (χ0) is 14.9. The van der Waals surface area contributed by atoms with Gasteiger partial charge in [-0.1, -0.05) is 46.6 Å². The fraction of sp³-hybridized carbons (Fsp3) is 0. The number of hydrogen-bond acceptors (Lipinski definition) is 3. The third-order valence-electron chi connectivity index (χ3n) is 2.40. The second kappa shape index (κ2) is 6.14. The number of nitrogen functional groups attached to an aromatic ring is 1. The van der Waals surface area contributed by atoms with Crippen LogP contribution in [-0.4, -0.2) is 11.1 Å². The van der Waals surface area contributed by atoms with Crippen molar-refractivity contribution >= 4 is 58.2 Å². The number of benzene rings is 2. The summed E-state index contributed by atoms with van der Waals surface area (Å²) < 4.78 is 0. The molecule has 7 heteroatoms. The van der Waals surface area contributed by atoms with Gasteiger partial charge in [0.15, 0.2) is 0 Å². The summed E-state index contributed by atoms with van der Waals surface area (Å²) in [7, 11) is 0. The van der Waals surface area contributed by atoms with Gasteiger partial charge in [-0.3, -0.25) is 0 Å². The first-order valence-corrected chi connectivity index (χ1v) is 7.28. The Kier molecular flexibility index (Phi) is 4.70. The van der Waals surface area contributed by atoms with Crippen molar-refractivity contribution in [1.29, 1.82) is 0 Å². The Bertz CT molecular complexity index is 692. The normalized spacial score (nSPS) is 10.6. The summed E-state index contributed by atoms with van der Waals surface area (Å²) in [5.41, 5.74) is 5.92. The van der Waals surface area contributed by atoms with Crippen LogP contribution in [0, 0.1) is 0 Å². The lowest BCUT2D eigenvalue weighted by molar-refractivity contribution is 0.0693. The lowest BCUT2D eigenvalue weighted by Gasteiger charge is -2.10. The lowest BCUT2D eigenvalue weighted by atomic mass is 10.2. The Labute approximate surface area is 134 Å². The standard InChI is InChI=1S/C13H8Cl3NO2S/c14-6-1-2-9(15)11(3-6)20-12-8(13(18)19)4-7(17)5-10(12)16/h1-5H,17H2,(H,18,19). The maximum Gasteiger partial charge on any atom is 0.336 e. The maximum atomic E-state index is 11.3. The number of hydrogen-bond donors (Lipinski definition) is 2. The number of nitrogens with two attached hydrogens (primary N) is 1. The molecule has 0 heterocycles. The molecule has 0 spiro atoms. The van der Waals surface area contributed by atoms with Gasteiger partial charge in [-0.05, 0) is 30.3 Å². The summed E-state index contributed by atoms with van der Waals surface area (Å²) in [5.74, 6) is -1.11. The van der Waals surface area contributed by atoms with Gasteiger partial charge in [-0.2, -0.15) is 0 Å². The molecule has 0 saturated heterocycles. The van der Waals surface area contributed by atoms with Gasteiger partial charge in [0.25, 0.3) is 0 Å². The number of halogens is 3. The fourth-order valence-corrected chi connectivity index (χ4v) is 3.34. The fourth-order valence-electron chi connectivity index (χ4n) is 1.54. The molecule has 20 heavy (non-hydrogen) atoms. The molecule has 0 saturated carbocycles. The molecule has 2 aromatic carbocycles. The molecule has 2 aromatic rings. The summed E-state index contributed by atoms with van der Waals surface area (Å²) in [6.07, 6.45) is 0. The molecule has 0 radical (unpaired) electrons. The van der Waals surface area contributed by atoms with Gasteiger partial charge in [0, 0.05) is 20.5 Å². The Morgan fingerprint density at radius 3 is 2.45 bits per heavy atom. The molecular weight excluding hydrogens is 341 g/mol. The first kappa shape index (κ1) is 15.3. The molecule has 0 aliphatic heterocycles. The highest BCUT2D eigenvalue weighted by molar-refractivity contribution is 7.99. The van der Waals surface area contributed by atoms with Crippen LogP contribution in [-0.2, 0) is 0 Å². The van der Waals surface area contributed by atoms with Gasteiger partial charge in [-0.25, -0.2) is 4.79 Å². The number of carbonyl (C=O) groups is 1. The first-order valence-electron chi connectivity index (χ1n) is 5.33. The van der Waals surface area contributed by atoms with Crippen LogP contribution in [0.25, 0.3) is 0 Å². The Morgan fingerprint density at radius 1 is 1.10 bits per heavy atom. The van der Waals surface area contributed by atoms with Crippen LogP contribution in [0.5, 0.6) is 0 Å². The topological polar surface area (TPSA) is 63.3 Å². The van der Waals surface area contributed by atoms with Crippen LogP contribution in [0.15, 0.2) is 40.1 Å². The molecule has 0 amide bonds. The molecule has 0 aromatic heterocycles. The van der Waals surface area contributed by atoms with Gasteiger partial charge in [0.2, 0.25) is 0 Å². The number of aromatic carboxylic acids is 1. The van der Waals surface area contributed by atoms with Crippen LogP contribution < -0.4 is 5.73 Å². The van der Waals surface area contributed by atoms with E-state index in [4.69, 9.17) is 40.5 Å². The molecule has 104 valence electrons. The molecule has 3 nitrogen and oxygen atoms in total. The smallest absolute Gasteiger partial charge is 0.336 e. The molecule has 2 rings (SSSR count). The summed E-state index contributed by atoms with van der Waals surface area (Å²) >= 11 is 19.2. The zero-order valence-electron chi connectivity index (χ0n) is 9.86. The van der Waals surface area contributed by atoms with Crippen LogP contribution in [0.1, 0.15) is 10.4 Å². The highest BCUT2D eigenvalue weighted by atomic mass is 35.5. The van der Waals surface area contributed by atoms with Gasteiger partial charge in [-0.15, -0.1) is 0 Å². The van der Waals surface area contributed by atoms with Crippen LogP contribution in [0.3, 0.4) is 0 Å². The summed E-state index contributed by atoms with van der Waals surface area (Å²) in [6, 6.07) is 7.78. The average Bonchev–Trinajstić information content (AvgIpc) is 2.36. The molecule has 0 atom stereocenters. The van der Waals surface area contributed by atoms with Crippen molar-refractivity contribution in [3.05, 3.63) is 51.0 Å². The highest BCUT2D eigenvalue weighted by Gasteiger charge is 2.17. The number of anilines is 1. The van der Waals surface area contributed by atoms with Crippen LogP contribution in [0.2, 0.25) is 15.1 Å². The minimum atomic E-state index is -1.11. The molecule has 0 fully saturated rings. The van der Waals surface area contributed by atoms with Crippen molar-refractivity contribution < 1.29 is 9.90 Å². The summed E-state index contributed by atoms with van der Waals surface area (Å²) in [6.45, 7) is 0. The van der Waals surface area contributed by atoms with E-state index in [0.29, 0.717) is 19.8 Å². The van der Waals surface area contributed by atoms with Gasteiger partial charge < -0.3 is 10.8 Å². The Morgan fingerprint density at radius 2 is 1.80 bits per heavy atom. The molecule has 0 bridgehead atoms. The van der Waals surface area contributed by atoms with Gasteiger partial charge in [0.05, 0.1) is 15.6 Å². The van der Waals surface area contributed by atoms with Crippen molar-refractivity contribution in [3.8, 4) is 0 Å². The van der Waals surface area contributed by atoms with Crippen molar-refractivity contribution in [1.82, 2.24) is 0 Å². The molecule has 0 unspecified atom stereocenters. The predicted molar refractivity (Wildman–Crippen MR) is 83.4 cm³/mol. The van der Waals surface area contributed by atoms with Crippen molar-refractivity contribution in [2.24, 2.45) is 0 Å². The van der Waals surface area contributed by atoms with Gasteiger partial charge in [0.1, 0.15) is 0 Å². The SMILES string of the molecule is Nc1cc(Cl)c(Sc2cc(Cl)ccc2Cl)c(C(=O)O)c1. The Hall–Kier alpha value is -1.07. The predicted octanol–water partition coefficient (Wildman–Crippen LogP) is 5.08. The lowest BCUT2D eigenvalue weighted by Crippen LogP contribution is -2.01. The first-order chi connectivity index (χ1) is 9.38. The van der Waals surface area contributed by atoms with E-state index in [9.17, 15) is 9.90 Å². The number of carboxylic acids is 1. The molecule has 3 N–H and O–H groups in total. The molecular formula is C13H8Cl3NO2S. The third kappa shape index (κ3) is 3.33. The minimum Gasteiger partial charge on any atom is -0.478 e. The van der Waals surface area contributed by atoms with Crippen molar-refractivity contribution in [2.75, 3.05) is 5.73 Å². The van der Waals surface area contributed by atoms with Crippen LogP contribution in [0.4, 0.5) is 5.69 Å². The summed E-state index contributed by atoms with van der Waals surface area (Å²) in [5, 5.41) is 10.4. The van der Waals surface area contributed by atoms with E-state index in [0.717, 1.165) is 11.8 Å². The van der Waals surface area contributed by atoms with Gasteiger partial charge >= 0.3 is 5.97 Å². The van der Waals surface area contributed by atoms with E-state index in [2.05, 4.69) is 0 Å². The maximum absolute atomic E-state index is 11.3. The summed E-state index contributed by atoms with van der Waals surface area (Å²) in [4.78, 5) is 12.3. The number of rotatable bonds is 3. The zero-order valence-corrected chi connectivity index (χ0v) is 12.9. The van der Waals surface area contributed by atoms with E-state index in [1.54, 1.807) is 18.2 Å². The van der Waals surface area contributed by atoms with E-state index < -0.39 is 5.97 Å². The monoisotopic (exact) mass is 347 g/mol. The van der Waals surface area contributed by atoms with Crippen LogP contribution >= 0.6 is 46.6 Å². The quantitative estimate of drug-likeness (QED) is 0.759. The van der Waals surface area contributed by atoms with E-state index in [-0.39, 0.29) is 16.3 Å². The van der Waals surface area contributed by atoms with E-state index >= 15 is 0 Å². The average molecular weight is 349 g/mol. The highest BCUT2D eigenvalue weighted by Crippen LogP contribution is 2.41. The van der Waals surface area contributed by atoms with Crippen molar-refractivity contribution in [2.45, 2.75) is 9.79 Å². The largest absolute Gasteiger partial charge is 0.478 e. The van der Waals surface area contributed by atoms with Crippen molar-refractivity contribution in [3.63, 3.8) is 0 Å². The third-order valence-corrected chi connectivity index (χ3v) is 4.69. The molecule has 0 aliphatic rings. The van der Waals surface area contributed by atoms with E-state index in [1.165, 1.54) is 12.1 Å². The second-order valence-corrected chi connectivity index (χ2v) is 6.16.